The quantitative estimate of drug-likeness (QED) is 0.171. The van der Waals surface area contributed by atoms with Crippen LogP contribution in [0.2, 0.25) is 0 Å². The van der Waals surface area contributed by atoms with E-state index in [0.717, 1.165) is 5.69 Å². The summed E-state index contributed by atoms with van der Waals surface area (Å²) in [6.45, 7) is 9.74. The van der Waals surface area contributed by atoms with Gasteiger partial charge in [-0.2, -0.15) is 0 Å². The van der Waals surface area contributed by atoms with Crippen LogP contribution >= 0.6 is 0 Å². The Bertz CT molecular complexity index is 3100. The number of hydrogen-bond acceptors (Lipinski definition) is 0. The van der Waals surface area contributed by atoms with Crippen LogP contribution in [0.4, 0.5) is 0 Å². The molecular weight excluding hydrogens is 677 g/mol. The van der Waals surface area contributed by atoms with Gasteiger partial charge in [0.05, 0.1) is 22.1 Å². The molecule has 0 bridgehead atoms. The Balaban J connectivity index is 1.31. The highest BCUT2D eigenvalue weighted by atomic mass is 15.0. The normalized spacial score (nSPS) is 14.9. The third-order valence-corrected chi connectivity index (χ3v) is 12.9. The fourth-order valence-electron chi connectivity index (χ4n) is 9.80. The summed E-state index contributed by atoms with van der Waals surface area (Å²) in [6, 6.07) is 63.3. The van der Waals surface area contributed by atoms with E-state index in [2.05, 4.69) is 207 Å². The Labute approximate surface area is 328 Å². The summed E-state index contributed by atoms with van der Waals surface area (Å²) in [5, 5.41) is 7.67. The van der Waals surface area contributed by atoms with Gasteiger partial charge >= 0.3 is 0 Å². The van der Waals surface area contributed by atoms with Crippen LogP contribution in [-0.2, 0) is 10.8 Å². The molecule has 0 unspecified atom stereocenters. The maximum atomic E-state index is 2.56. The van der Waals surface area contributed by atoms with Crippen molar-refractivity contribution in [2.24, 2.45) is 0 Å². The van der Waals surface area contributed by atoms with Gasteiger partial charge in [0.25, 0.3) is 0 Å². The van der Waals surface area contributed by atoms with Crippen molar-refractivity contribution in [1.29, 1.82) is 0 Å². The van der Waals surface area contributed by atoms with Gasteiger partial charge in [-0.05, 0) is 117 Å². The molecule has 0 saturated carbocycles. The van der Waals surface area contributed by atoms with Crippen LogP contribution in [0.3, 0.4) is 0 Å². The Morgan fingerprint density at radius 1 is 0.357 bits per heavy atom. The standard InChI is InChI=1S/C54H44N2/c1-53(2)26-27-54(3,4)48-33-49-46(32-47(48)53)45-31-44-43-25-24-37-20-14-15-23-42(37)52(43)56(51(44)34-50(45)55(49)40-21-12-7-13-22-40)41-29-38(35-16-8-5-9-17-35)28-39(30-41)36-18-10-6-11-19-36/h5-25,28-34H,26-27H2,1-4H3. The monoisotopic (exact) mass is 720 g/mol. The average molecular weight is 721 g/mol. The number of aromatic nitrogens is 2. The minimum atomic E-state index is 0.107. The second-order valence-electron chi connectivity index (χ2n) is 17.3. The zero-order valence-corrected chi connectivity index (χ0v) is 32.5. The molecule has 0 atom stereocenters. The van der Waals surface area contributed by atoms with Crippen molar-refractivity contribution in [1.82, 2.24) is 9.13 Å². The highest BCUT2D eigenvalue weighted by molar-refractivity contribution is 6.23. The van der Waals surface area contributed by atoms with E-state index in [1.165, 1.54) is 106 Å². The summed E-state index contributed by atoms with van der Waals surface area (Å²) in [4.78, 5) is 0. The predicted molar refractivity (Wildman–Crippen MR) is 239 cm³/mol. The van der Waals surface area contributed by atoms with Gasteiger partial charge in [-0.1, -0.05) is 143 Å². The number of benzene rings is 8. The van der Waals surface area contributed by atoms with Crippen LogP contribution in [-0.4, -0.2) is 9.13 Å². The topological polar surface area (TPSA) is 9.86 Å². The molecule has 2 heteroatoms. The SMILES string of the molecule is CC1(C)CCC(C)(C)c2cc3c(cc21)c1cc2c4ccc5ccccc5c4n(-c4cc(-c5ccccc5)cc(-c5ccccc5)c4)c2cc1n3-c1ccccc1. The van der Waals surface area contributed by atoms with Gasteiger partial charge in [0.2, 0.25) is 0 Å². The molecule has 0 amide bonds. The lowest BCUT2D eigenvalue weighted by Gasteiger charge is -2.42. The van der Waals surface area contributed by atoms with Crippen molar-refractivity contribution >= 4 is 54.4 Å². The summed E-state index contributed by atoms with van der Waals surface area (Å²) < 4.78 is 5.08. The Hall–Kier alpha value is -6.38. The second-order valence-corrected chi connectivity index (χ2v) is 17.3. The minimum absolute atomic E-state index is 0.107. The molecule has 0 radical (unpaired) electrons. The first-order valence-corrected chi connectivity index (χ1v) is 20.1. The molecule has 0 fully saturated rings. The van der Waals surface area contributed by atoms with Crippen LogP contribution in [0.5, 0.6) is 0 Å². The molecule has 8 aromatic carbocycles. The van der Waals surface area contributed by atoms with E-state index in [9.17, 15) is 0 Å². The molecule has 2 nitrogen and oxygen atoms in total. The zero-order valence-electron chi connectivity index (χ0n) is 32.5. The van der Waals surface area contributed by atoms with Gasteiger partial charge in [-0.25, -0.2) is 0 Å². The van der Waals surface area contributed by atoms with Crippen molar-refractivity contribution < 1.29 is 0 Å². The van der Waals surface area contributed by atoms with Gasteiger partial charge in [0.1, 0.15) is 0 Å². The molecule has 0 aliphatic heterocycles. The van der Waals surface area contributed by atoms with Crippen LogP contribution < -0.4 is 0 Å². The minimum Gasteiger partial charge on any atom is -0.309 e. The van der Waals surface area contributed by atoms with Gasteiger partial charge in [0, 0.05) is 38.3 Å². The molecule has 270 valence electrons. The first-order valence-electron chi connectivity index (χ1n) is 20.1. The summed E-state index contributed by atoms with van der Waals surface area (Å²) in [5.74, 6) is 0. The van der Waals surface area contributed by atoms with Crippen LogP contribution in [0.1, 0.15) is 51.7 Å². The molecule has 2 aromatic heterocycles. The van der Waals surface area contributed by atoms with E-state index in [4.69, 9.17) is 0 Å². The Morgan fingerprint density at radius 2 is 0.875 bits per heavy atom. The average Bonchev–Trinajstić information content (AvgIpc) is 3.74. The number of para-hydroxylation sites is 1. The maximum Gasteiger partial charge on any atom is 0.0619 e. The predicted octanol–water partition coefficient (Wildman–Crippen LogP) is 14.7. The largest absolute Gasteiger partial charge is 0.309 e. The fourth-order valence-corrected chi connectivity index (χ4v) is 9.80. The van der Waals surface area contributed by atoms with Crippen molar-refractivity contribution in [2.45, 2.75) is 51.4 Å². The van der Waals surface area contributed by atoms with Crippen LogP contribution in [0.25, 0.3) is 88.0 Å². The summed E-state index contributed by atoms with van der Waals surface area (Å²) in [7, 11) is 0. The molecule has 1 aliphatic carbocycles. The van der Waals surface area contributed by atoms with E-state index in [-0.39, 0.29) is 10.8 Å². The van der Waals surface area contributed by atoms with Crippen molar-refractivity contribution in [3.8, 4) is 33.6 Å². The smallest absolute Gasteiger partial charge is 0.0619 e. The van der Waals surface area contributed by atoms with Gasteiger partial charge < -0.3 is 9.13 Å². The van der Waals surface area contributed by atoms with E-state index in [0.29, 0.717) is 0 Å². The molecule has 1 aliphatic rings. The van der Waals surface area contributed by atoms with Gasteiger partial charge in [-0.3, -0.25) is 0 Å². The zero-order chi connectivity index (χ0) is 37.8. The summed E-state index contributed by atoms with van der Waals surface area (Å²) >= 11 is 0. The molecule has 56 heavy (non-hydrogen) atoms. The first kappa shape index (κ1) is 33.0. The van der Waals surface area contributed by atoms with E-state index < -0.39 is 0 Å². The van der Waals surface area contributed by atoms with Crippen molar-refractivity contribution in [3.05, 3.63) is 181 Å². The highest BCUT2D eigenvalue weighted by Gasteiger charge is 2.38. The van der Waals surface area contributed by atoms with Crippen molar-refractivity contribution in [3.63, 3.8) is 0 Å². The molecule has 11 rings (SSSR count). The number of rotatable bonds is 4. The van der Waals surface area contributed by atoms with E-state index in [1.54, 1.807) is 0 Å². The Kier molecular flexibility index (Phi) is 7.11. The van der Waals surface area contributed by atoms with Crippen LogP contribution in [0.15, 0.2) is 170 Å². The molecule has 0 N–H and O–H groups in total. The lowest BCUT2D eigenvalue weighted by Crippen LogP contribution is -2.33. The van der Waals surface area contributed by atoms with E-state index >= 15 is 0 Å². The van der Waals surface area contributed by atoms with Crippen molar-refractivity contribution in [2.75, 3.05) is 0 Å². The highest BCUT2D eigenvalue weighted by Crippen LogP contribution is 2.49. The Morgan fingerprint density at radius 3 is 1.54 bits per heavy atom. The molecule has 0 saturated heterocycles. The number of fused-ring (bicyclic) bond motifs is 9. The molecule has 0 spiro atoms. The number of hydrogen-bond donors (Lipinski definition) is 0. The second kappa shape index (κ2) is 12.1. The van der Waals surface area contributed by atoms with Gasteiger partial charge in [0.15, 0.2) is 0 Å². The van der Waals surface area contributed by atoms with Crippen LogP contribution in [0, 0.1) is 0 Å². The van der Waals surface area contributed by atoms with Gasteiger partial charge in [-0.15, -0.1) is 0 Å². The third kappa shape index (κ3) is 4.95. The lowest BCUT2D eigenvalue weighted by atomic mass is 9.63. The first-order chi connectivity index (χ1) is 27.2. The molecule has 2 heterocycles. The number of nitrogens with zero attached hydrogens (tertiary/aromatic N) is 2. The third-order valence-electron chi connectivity index (χ3n) is 12.9. The summed E-state index contributed by atoms with van der Waals surface area (Å²) in [6.07, 6.45) is 2.37. The van der Waals surface area contributed by atoms with E-state index in [1.807, 2.05) is 0 Å². The lowest BCUT2D eigenvalue weighted by molar-refractivity contribution is 0.332. The summed E-state index contributed by atoms with van der Waals surface area (Å²) in [5.41, 5.74) is 15.3. The molecular formula is C54H44N2. The molecule has 10 aromatic rings. The maximum absolute atomic E-state index is 2.56. The fraction of sp³-hybridized carbons (Fsp3) is 0.148.